The lowest BCUT2D eigenvalue weighted by molar-refractivity contribution is 0.630. The molecule has 4 heteroatoms. The van der Waals surface area contributed by atoms with Crippen molar-refractivity contribution in [2.75, 3.05) is 0 Å². The van der Waals surface area contributed by atoms with Crippen LogP contribution in [0.2, 0.25) is 0 Å². The van der Waals surface area contributed by atoms with Crippen LogP contribution < -0.4 is 5.56 Å². The van der Waals surface area contributed by atoms with E-state index in [1.165, 1.54) is 23.7 Å². The van der Waals surface area contributed by atoms with Crippen LogP contribution >= 0.6 is 11.5 Å². The van der Waals surface area contributed by atoms with Crippen LogP contribution in [0.15, 0.2) is 23.0 Å². The molecular weight excluding hydrogens is 213 g/mol. The number of nitrogens with zero attached hydrogens (tertiary/aromatic N) is 1. The Morgan fingerprint density at radius 2 is 2.27 bits per heavy atom. The highest BCUT2D eigenvalue weighted by Crippen LogP contribution is 2.18. The van der Waals surface area contributed by atoms with Crippen molar-refractivity contribution in [2.24, 2.45) is 0 Å². The van der Waals surface area contributed by atoms with E-state index in [9.17, 15) is 9.18 Å². The Morgan fingerprint density at radius 1 is 1.47 bits per heavy atom. The number of halogens is 1. The lowest BCUT2D eigenvalue weighted by atomic mass is 10.3. The fraction of sp³-hybridized carbons (Fsp3) is 0.364. The van der Waals surface area contributed by atoms with Crippen molar-refractivity contribution in [3.05, 3.63) is 34.4 Å². The summed E-state index contributed by atoms with van der Waals surface area (Å²) >= 11 is 1.34. The molecule has 2 rings (SSSR count). The van der Waals surface area contributed by atoms with Gasteiger partial charge in [-0.3, -0.25) is 8.75 Å². The fourth-order valence-electron chi connectivity index (χ4n) is 1.49. The van der Waals surface area contributed by atoms with Gasteiger partial charge >= 0.3 is 0 Å². The smallest absolute Gasteiger partial charge is 0.268 e. The molecule has 2 nitrogen and oxygen atoms in total. The Hall–Kier alpha value is -1.16. The summed E-state index contributed by atoms with van der Waals surface area (Å²) in [6, 6.07) is 4.32. The molecule has 2 aromatic rings. The molecule has 80 valence electrons. The number of hydrogen-bond donors (Lipinski definition) is 0. The zero-order valence-electron chi connectivity index (χ0n) is 8.50. The fourth-order valence-corrected chi connectivity index (χ4v) is 2.55. The quantitative estimate of drug-likeness (QED) is 0.787. The van der Waals surface area contributed by atoms with E-state index in [0.29, 0.717) is 5.39 Å². The topological polar surface area (TPSA) is 22.0 Å². The van der Waals surface area contributed by atoms with E-state index in [0.717, 1.165) is 24.1 Å². The van der Waals surface area contributed by atoms with Gasteiger partial charge in [-0.1, -0.05) is 24.9 Å². The third-order valence-electron chi connectivity index (χ3n) is 2.32. The van der Waals surface area contributed by atoms with E-state index in [4.69, 9.17) is 0 Å². The van der Waals surface area contributed by atoms with E-state index in [1.54, 1.807) is 10.0 Å². The third kappa shape index (κ3) is 1.95. The molecule has 0 aliphatic carbocycles. The number of aryl methyl sites for hydroxylation is 1. The summed E-state index contributed by atoms with van der Waals surface area (Å²) < 4.78 is 15.4. The monoisotopic (exact) mass is 225 g/mol. The first-order valence-electron chi connectivity index (χ1n) is 5.01. The normalized spacial score (nSPS) is 11.1. The van der Waals surface area contributed by atoms with Crippen LogP contribution in [0.3, 0.4) is 0 Å². The Bertz CT molecular complexity index is 529. The molecule has 0 atom stereocenters. The lowest BCUT2D eigenvalue weighted by Crippen LogP contribution is -2.12. The molecular formula is C11H12FNOS. The summed E-state index contributed by atoms with van der Waals surface area (Å²) in [6.07, 6.45) is 2.03. The Balaban J connectivity index is 2.49. The lowest BCUT2D eigenvalue weighted by Gasteiger charge is -1.95. The van der Waals surface area contributed by atoms with Gasteiger partial charge in [-0.25, -0.2) is 4.39 Å². The van der Waals surface area contributed by atoms with Gasteiger partial charge in [-0.2, -0.15) is 0 Å². The van der Waals surface area contributed by atoms with Gasteiger partial charge < -0.3 is 0 Å². The molecule has 0 aliphatic rings. The van der Waals surface area contributed by atoms with Crippen molar-refractivity contribution >= 4 is 21.6 Å². The third-order valence-corrected chi connectivity index (χ3v) is 3.43. The first-order chi connectivity index (χ1) is 7.22. The van der Waals surface area contributed by atoms with Crippen molar-refractivity contribution in [1.29, 1.82) is 0 Å². The molecule has 0 unspecified atom stereocenters. The number of fused-ring (bicyclic) bond motifs is 1. The zero-order chi connectivity index (χ0) is 10.8. The van der Waals surface area contributed by atoms with Crippen LogP contribution in [0.5, 0.6) is 0 Å². The highest BCUT2D eigenvalue weighted by molar-refractivity contribution is 7.13. The second kappa shape index (κ2) is 4.14. The number of hydrogen-bond acceptors (Lipinski definition) is 2. The van der Waals surface area contributed by atoms with E-state index in [1.807, 2.05) is 0 Å². The van der Waals surface area contributed by atoms with E-state index >= 15 is 0 Å². The molecule has 0 fully saturated rings. The van der Waals surface area contributed by atoms with E-state index in [2.05, 4.69) is 6.92 Å². The number of unbranched alkanes of at least 4 members (excludes halogenated alkanes) is 1. The van der Waals surface area contributed by atoms with Crippen LogP contribution in [-0.2, 0) is 6.54 Å². The molecule has 1 heterocycles. The van der Waals surface area contributed by atoms with Gasteiger partial charge in [0.1, 0.15) is 5.82 Å². The summed E-state index contributed by atoms with van der Waals surface area (Å²) in [7, 11) is 0. The van der Waals surface area contributed by atoms with Gasteiger partial charge in [0.15, 0.2) is 0 Å². The van der Waals surface area contributed by atoms with Crippen LogP contribution in [0.4, 0.5) is 4.39 Å². The van der Waals surface area contributed by atoms with Gasteiger partial charge in [-0.05, 0) is 24.6 Å². The maximum atomic E-state index is 12.9. The molecule has 0 radical (unpaired) electrons. The van der Waals surface area contributed by atoms with Crippen LogP contribution in [-0.4, -0.2) is 3.96 Å². The molecule has 0 saturated heterocycles. The molecule has 0 aliphatic heterocycles. The van der Waals surface area contributed by atoms with Crippen LogP contribution in [0.25, 0.3) is 10.1 Å². The SMILES string of the molecule is CCCCn1sc2cc(F)ccc2c1=O. The van der Waals surface area contributed by atoms with Gasteiger partial charge in [-0.15, -0.1) is 0 Å². The second-order valence-electron chi connectivity index (χ2n) is 3.49. The van der Waals surface area contributed by atoms with Crippen molar-refractivity contribution in [2.45, 2.75) is 26.3 Å². The molecule has 0 bridgehead atoms. The Kier molecular flexibility index (Phi) is 2.86. The number of rotatable bonds is 3. The Morgan fingerprint density at radius 3 is 3.00 bits per heavy atom. The predicted molar refractivity (Wildman–Crippen MR) is 61.0 cm³/mol. The molecule has 0 saturated carbocycles. The summed E-state index contributed by atoms with van der Waals surface area (Å²) in [4.78, 5) is 11.8. The molecule has 1 aromatic carbocycles. The van der Waals surface area contributed by atoms with Gasteiger partial charge in [0.25, 0.3) is 5.56 Å². The van der Waals surface area contributed by atoms with Crippen molar-refractivity contribution in [3.63, 3.8) is 0 Å². The number of aromatic nitrogens is 1. The summed E-state index contributed by atoms with van der Waals surface area (Å²) in [6.45, 7) is 2.81. The summed E-state index contributed by atoms with van der Waals surface area (Å²) in [5, 5.41) is 0.623. The minimum Gasteiger partial charge on any atom is -0.268 e. The summed E-state index contributed by atoms with van der Waals surface area (Å²) in [5.74, 6) is -0.286. The highest BCUT2D eigenvalue weighted by atomic mass is 32.1. The van der Waals surface area contributed by atoms with Crippen molar-refractivity contribution in [1.82, 2.24) is 3.96 Å². The molecule has 0 spiro atoms. The Labute approximate surface area is 91.1 Å². The van der Waals surface area contributed by atoms with Gasteiger partial charge in [0, 0.05) is 6.54 Å². The molecule has 15 heavy (non-hydrogen) atoms. The summed E-state index contributed by atoms with van der Waals surface area (Å²) in [5.41, 5.74) is 0.00319. The average molecular weight is 225 g/mol. The standard InChI is InChI=1S/C11H12FNOS/c1-2-3-6-13-11(14)9-5-4-8(12)7-10(9)15-13/h4-5,7H,2-3,6H2,1H3. The maximum absolute atomic E-state index is 12.9. The number of benzene rings is 1. The molecule has 0 amide bonds. The van der Waals surface area contributed by atoms with E-state index in [-0.39, 0.29) is 11.4 Å². The van der Waals surface area contributed by atoms with E-state index < -0.39 is 0 Å². The van der Waals surface area contributed by atoms with Crippen LogP contribution in [0, 0.1) is 5.82 Å². The molecule has 1 aromatic heterocycles. The van der Waals surface area contributed by atoms with Gasteiger partial charge in [0.05, 0.1) is 10.1 Å². The molecule has 0 N–H and O–H groups in total. The largest absolute Gasteiger partial charge is 0.268 e. The maximum Gasteiger partial charge on any atom is 0.268 e. The minimum absolute atomic E-state index is 0.00319. The zero-order valence-corrected chi connectivity index (χ0v) is 9.31. The minimum atomic E-state index is -0.286. The van der Waals surface area contributed by atoms with Crippen molar-refractivity contribution < 1.29 is 4.39 Å². The second-order valence-corrected chi connectivity index (χ2v) is 4.56. The first-order valence-corrected chi connectivity index (χ1v) is 5.79. The van der Waals surface area contributed by atoms with Crippen molar-refractivity contribution in [3.8, 4) is 0 Å². The predicted octanol–water partition coefficient (Wildman–Crippen LogP) is 3.00. The highest BCUT2D eigenvalue weighted by Gasteiger charge is 2.07. The first kappa shape index (κ1) is 10.4. The average Bonchev–Trinajstić information content (AvgIpc) is 2.52. The van der Waals surface area contributed by atoms with Gasteiger partial charge in [0.2, 0.25) is 0 Å². The van der Waals surface area contributed by atoms with Crippen LogP contribution in [0.1, 0.15) is 19.8 Å².